The Kier molecular flexibility index (Phi) is 3.33. The second-order valence-corrected chi connectivity index (χ2v) is 6.60. The first-order valence-electron chi connectivity index (χ1n) is 7.19. The van der Waals surface area contributed by atoms with Crippen molar-refractivity contribution < 1.29 is 0 Å². The Labute approximate surface area is 123 Å². The largest absolute Gasteiger partial charge is 0.289 e. The van der Waals surface area contributed by atoms with E-state index in [0.29, 0.717) is 11.2 Å². The third-order valence-corrected chi connectivity index (χ3v) is 4.57. The summed E-state index contributed by atoms with van der Waals surface area (Å²) >= 11 is 6.30. The number of nitrogens with zero attached hydrogens (tertiary/aromatic N) is 2. The first-order valence-corrected chi connectivity index (χ1v) is 7.63. The topological polar surface area (TPSA) is 34.9 Å². The molecule has 1 heterocycles. The average molecular weight is 291 g/mol. The SMILES string of the molecule is CC(Cl)c1nc2ccccc2c(=O)n1C1(C)CCCC1. The molecular formula is C16H19ClN2O. The van der Waals surface area contributed by atoms with Gasteiger partial charge in [-0.2, -0.15) is 0 Å². The molecule has 0 aliphatic heterocycles. The third kappa shape index (κ3) is 2.05. The van der Waals surface area contributed by atoms with Crippen LogP contribution in [0.2, 0.25) is 0 Å². The van der Waals surface area contributed by atoms with Crippen molar-refractivity contribution in [3.05, 3.63) is 40.4 Å². The molecule has 0 amide bonds. The predicted octanol–water partition coefficient (Wildman–Crippen LogP) is 3.99. The summed E-state index contributed by atoms with van der Waals surface area (Å²) in [4.78, 5) is 17.6. The van der Waals surface area contributed by atoms with Crippen molar-refractivity contribution in [1.82, 2.24) is 9.55 Å². The van der Waals surface area contributed by atoms with E-state index in [1.165, 1.54) is 0 Å². The van der Waals surface area contributed by atoms with Gasteiger partial charge in [-0.05, 0) is 38.8 Å². The van der Waals surface area contributed by atoms with Gasteiger partial charge in [0, 0.05) is 5.54 Å². The Morgan fingerprint density at radius 3 is 2.60 bits per heavy atom. The van der Waals surface area contributed by atoms with Crippen molar-refractivity contribution in [2.45, 2.75) is 50.4 Å². The van der Waals surface area contributed by atoms with Gasteiger partial charge in [0.15, 0.2) is 0 Å². The van der Waals surface area contributed by atoms with Gasteiger partial charge in [0.25, 0.3) is 5.56 Å². The number of benzene rings is 1. The summed E-state index contributed by atoms with van der Waals surface area (Å²) in [5, 5.41) is 0.409. The van der Waals surface area contributed by atoms with Crippen molar-refractivity contribution in [2.75, 3.05) is 0 Å². The van der Waals surface area contributed by atoms with E-state index in [-0.39, 0.29) is 16.5 Å². The number of alkyl halides is 1. The van der Waals surface area contributed by atoms with Gasteiger partial charge in [0.05, 0.1) is 16.3 Å². The van der Waals surface area contributed by atoms with Crippen molar-refractivity contribution >= 4 is 22.5 Å². The Bertz CT molecular complexity index is 699. The lowest BCUT2D eigenvalue weighted by molar-refractivity contribution is 0.306. The van der Waals surface area contributed by atoms with E-state index in [0.717, 1.165) is 31.2 Å². The van der Waals surface area contributed by atoms with Crippen LogP contribution < -0.4 is 5.56 Å². The minimum Gasteiger partial charge on any atom is -0.289 e. The van der Waals surface area contributed by atoms with Crippen LogP contribution in [-0.2, 0) is 5.54 Å². The highest BCUT2D eigenvalue weighted by molar-refractivity contribution is 6.20. The molecule has 1 unspecified atom stereocenters. The molecule has 0 spiro atoms. The zero-order valence-corrected chi connectivity index (χ0v) is 12.7. The smallest absolute Gasteiger partial charge is 0.261 e. The van der Waals surface area contributed by atoms with Crippen LogP contribution in [0.4, 0.5) is 0 Å². The van der Waals surface area contributed by atoms with Crippen LogP contribution in [0.25, 0.3) is 10.9 Å². The highest BCUT2D eigenvalue weighted by atomic mass is 35.5. The summed E-state index contributed by atoms with van der Waals surface area (Å²) in [5.74, 6) is 0.694. The van der Waals surface area contributed by atoms with Crippen LogP contribution in [-0.4, -0.2) is 9.55 Å². The van der Waals surface area contributed by atoms with Crippen molar-refractivity contribution in [3.8, 4) is 0 Å². The van der Waals surface area contributed by atoms with E-state index in [1.807, 2.05) is 35.8 Å². The van der Waals surface area contributed by atoms with Crippen LogP contribution in [0.3, 0.4) is 0 Å². The summed E-state index contributed by atoms with van der Waals surface area (Å²) in [5.41, 5.74) is 0.632. The molecule has 1 aromatic carbocycles. The fourth-order valence-corrected chi connectivity index (χ4v) is 3.45. The molecule has 2 aromatic rings. The standard InChI is InChI=1S/C16H19ClN2O/c1-11(17)14-18-13-8-4-3-7-12(13)15(20)19(14)16(2)9-5-6-10-16/h3-4,7-8,11H,5-6,9-10H2,1-2H3. The molecule has 1 aliphatic rings. The molecule has 3 nitrogen and oxygen atoms in total. The summed E-state index contributed by atoms with van der Waals surface area (Å²) in [6.45, 7) is 4.04. The number of para-hydroxylation sites is 1. The maximum Gasteiger partial charge on any atom is 0.261 e. The summed E-state index contributed by atoms with van der Waals surface area (Å²) in [6.07, 6.45) is 4.35. The van der Waals surface area contributed by atoms with Crippen LogP contribution in [0, 0.1) is 0 Å². The Balaban J connectivity index is 2.36. The molecule has 0 bridgehead atoms. The first kappa shape index (κ1) is 13.6. The maximum atomic E-state index is 12.9. The molecular weight excluding hydrogens is 272 g/mol. The molecule has 3 rings (SSSR count). The lowest BCUT2D eigenvalue weighted by Crippen LogP contribution is -2.39. The Morgan fingerprint density at radius 2 is 1.95 bits per heavy atom. The third-order valence-electron chi connectivity index (χ3n) is 4.38. The monoisotopic (exact) mass is 290 g/mol. The average Bonchev–Trinajstić information content (AvgIpc) is 2.86. The molecule has 0 N–H and O–H groups in total. The zero-order valence-electron chi connectivity index (χ0n) is 11.9. The molecule has 4 heteroatoms. The molecule has 106 valence electrons. The van der Waals surface area contributed by atoms with E-state index < -0.39 is 0 Å². The number of fused-ring (bicyclic) bond motifs is 1. The summed E-state index contributed by atoms with van der Waals surface area (Å²) in [7, 11) is 0. The highest BCUT2D eigenvalue weighted by Crippen LogP contribution is 2.37. The number of aromatic nitrogens is 2. The van der Waals surface area contributed by atoms with Gasteiger partial charge in [0.2, 0.25) is 0 Å². The van der Waals surface area contributed by atoms with E-state index >= 15 is 0 Å². The van der Waals surface area contributed by atoms with Crippen LogP contribution in [0.5, 0.6) is 0 Å². The van der Waals surface area contributed by atoms with Crippen molar-refractivity contribution in [1.29, 1.82) is 0 Å². The van der Waals surface area contributed by atoms with E-state index in [1.54, 1.807) is 0 Å². The fourth-order valence-electron chi connectivity index (χ4n) is 3.30. The van der Waals surface area contributed by atoms with Gasteiger partial charge < -0.3 is 0 Å². The normalized spacial score (nSPS) is 19.4. The van der Waals surface area contributed by atoms with Crippen LogP contribution >= 0.6 is 11.6 Å². The molecule has 0 saturated heterocycles. The molecule has 1 aliphatic carbocycles. The van der Waals surface area contributed by atoms with Gasteiger partial charge in [-0.25, -0.2) is 4.98 Å². The predicted molar refractivity (Wildman–Crippen MR) is 82.4 cm³/mol. The molecule has 1 aromatic heterocycles. The first-order chi connectivity index (χ1) is 9.53. The van der Waals surface area contributed by atoms with E-state index in [9.17, 15) is 4.79 Å². The quantitative estimate of drug-likeness (QED) is 0.784. The van der Waals surface area contributed by atoms with Crippen LogP contribution in [0.1, 0.15) is 50.7 Å². The van der Waals surface area contributed by atoms with Gasteiger partial charge >= 0.3 is 0 Å². The molecule has 1 atom stereocenters. The van der Waals surface area contributed by atoms with E-state index in [2.05, 4.69) is 11.9 Å². The molecule has 1 fully saturated rings. The number of halogens is 1. The summed E-state index contributed by atoms with van der Waals surface area (Å²) < 4.78 is 1.86. The molecule has 0 radical (unpaired) electrons. The summed E-state index contributed by atoms with van der Waals surface area (Å²) in [6, 6.07) is 7.51. The molecule has 1 saturated carbocycles. The number of hydrogen-bond donors (Lipinski definition) is 0. The van der Waals surface area contributed by atoms with Crippen molar-refractivity contribution in [2.24, 2.45) is 0 Å². The van der Waals surface area contributed by atoms with E-state index in [4.69, 9.17) is 11.6 Å². The van der Waals surface area contributed by atoms with Crippen molar-refractivity contribution in [3.63, 3.8) is 0 Å². The maximum absolute atomic E-state index is 12.9. The van der Waals surface area contributed by atoms with Crippen LogP contribution in [0.15, 0.2) is 29.1 Å². The lowest BCUT2D eigenvalue weighted by Gasteiger charge is -2.30. The fraction of sp³-hybridized carbons (Fsp3) is 0.500. The Morgan fingerprint density at radius 1 is 1.30 bits per heavy atom. The lowest BCUT2D eigenvalue weighted by atomic mass is 9.99. The molecule has 20 heavy (non-hydrogen) atoms. The van der Waals surface area contributed by atoms with Gasteiger partial charge in [-0.3, -0.25) is 9.36 Å². The highest BCUT2D eigenvalue weighted by Gasteiger charge is 2.34. The number of hydrogen-bond acceptors (Lipinski definition) is 2. The minimum atomic E-state index is -0.273. The second kappa shape index (κ2) is 4.88. The van der Waals surface area contributed by atoms with Gasteiger partial charge in [-0.1, -0.05) is 25.0 Å². The Hall–Kier alpha value is -1.35. The van der Waals surface area contributed by atoms with Gasteiger partial charge in [0.1, 0.15) is 5.82 Å². The van der Waals surface area contributed by atoms with Gasteiger partial charge in [-0.15, -0.1) is 11.6 Å². The minimum absolute atomic E-state index is 0.0440. The second-order valence-electron chi connectivity index (χ2n) is 5.95. The number of rotatable bonds is 2. The zero-order chi connectivity index (χ0) is 14.3.